The number of likely N-dealkylation sites (N-methyl/N-ethyl adjacent to an activating group) is 1. The van der Waals surface area contributed by atoms with E-state index >= 15 is 0 Å². The van der Waals surface area contributed by atoms with Gasteiger partial charge in [0.05, 0.1) is 12.1 Å². The van der Waals surface area contributed by atoms with Crippen LogP contribution in [-0.4, -0.2) is 31.7 Å². The van der Waals surface area contributed by atoms with Crippen LogP contribution in [0, 0.1) is 0 Å². The van der Waals surface area contributed by atoms with E-state index < -0.39 is 0 Å². The van der Waals surface area contributed by atoms with Crippen molar-refractivity contribution in [3.8, 4) is 0 Å². The Morgan fingerprint density at radius 1 is 1.38 bits per heavy atom. The molecule has 0 radical (unpaired) electrons. The summed E-state index contributed by atoms with van der Waals surface area (Å²) in [4.78, 5) is 11.0. The van der Waals surface area contributed by atoms with E-state index in [1.807, 2.05) is 0 Å². The number of carbonyl (C=O) groups excluding carboxylic acids is 1. The van der Waals surface area contributed by atoms with Gasteiger partial charge >= 0.3 is 0 Å². The predicted molar refractivity (Wildman–Crippen MR) is 64.1 cm³/mol. The SMILES string of the molecule is CNC(CCOC1CCCCCC1)C(N)=O. The third kappa shape index (κ3) is 4.94. The van der Waals surface area contributed by atoms with Crippen molar-refractivity contribution in [2.24, 2.45) is 5.73 Å². The molecule has 1 fully saturated rings. The predicted octanol–water partition coefficient (Wildman–Crippen LogP) is 1.19. The molecule has 0 bridgehead atoms. The smallest absolute Gasteiger partial charge is 0.234 e. The molecule has 0 aromatic rings. The number of hydrogen-bond acceptors (Lipinski definition) is 3. The Bertz CT molecular complexity index is 201. The highest BCUT2D eigenvalue weighted by atomic mass is 16.5. The van der Waals surface area contributed by atoms with E-state index in [2.05, 4.69) is 5.32 Å². The molecule has 1 atom stereocenters. The molecule has 1 rings (SSSR count). The lowest BCUT2D eigenvalue weighted by Crippen LogP contribution is -2.40. The van der Waals surface area contributed by atoms with E-state index in [1.54, 1.807) is 7.05 Å². The monoisotopic (exact) mass is 228 g/mol. The maximum atomic E-state index is 11.0. The first-order valence-corrected chi connectivity index (χ1v) is 6.32. The van der Waals surface area contributed by atoms with Gasteiger partial charge in [0.25, 0.3) is 0 Å². The summed E-state index contributed by atoms with van der Waals surface area (Å²) in [6.07, 6.45) is 8.61. The minimum atomic E-state index is -0.299. The van der Waals surface area contributed by atoms with Crippen LogP contribution in [0.5, 0.6) is 0 Å². The summed E-state index contributed by atoms with van der Waals surface area (Å²) < 4.78 is 5.80. The van der Waals surface area contributed by atoms with Crippen LogP contribution in [0.1, 0.15) is 44.9 Å². The number of nitrogens with one attached hydrogen (secondary N) is 1. The van der Waals surface area contributed by atoms with Crippen molar-refractivity contribution >= 4 is 5.91 Å². The quantitative estimate of drug-likeness (QED) is 0.671. The van der Waals surface area contributed by atoms with Gasteiger partial charge in [-0.25, -0.2) is 0 Å². The Labute approximate surface area is 97.9 Å². The average molecular weight is 228 g/mol. The van der Waals surface area contributed by atoms with Gasteiger partial charge in [-0.15, -0.1) is 0 Å². The summed E-state index contributed by atoms with van der Waals surface area (Å²) >= 11 is 0. The lowest BCUT2D eigenvalue weighted by Gasteiger charge is -2.17. The summed E-state index contributed by atoms with van der Waals surface area (Å²) in [5.41, 5.74) is 5.23. The minimum absolute atomic E-state index is 0.259. The largest absolute Gasteiger partial charge is 0.378 e. The number of nitrogens with two attached hydrogens (primary N) is 1. The fourth-order valence-electron chi connectivity index (χ4n) is 2.19. The molecule has 1 saturated carbocycles. The van der Waals surface area contributed by atoms with Gasteiger partial charge < -0.3 is 15.8 Å². The lowest BCUT2D eigenvalue weighted by molar-refractivity contribution is -0.120. The van der Waals surface area contributed by atoms with Gasteiger partial charge in [0.2, 0.25) is 5.91 Å². The Morgan fingerprint density at radius 2 is 2.00 bits per heavy atom. The molecular weight excluding hydrogens is 204 g/mol. The summed E-state index contributed by atoms with van der Waals surface area (Å²) in [5, 5.41) is 2.90. The average Bonchev–Trinajstić information content (AvgIpc) is 2.52. The summed E-state index contributed by atoms with van der Waals surface area (Å²) in [6, 6.07) is -0.259. The van der Waals surface area contributed by atoms with Crippen molar-refractivity contribution in [3.63, 3.8) is 0 Å². The Hall–Kier alpha value is -0.610. The van der Waals surface area contributed by atoms with Crippen LogP contribution in [0.25, 0.3) is 0 Å². The Kier molecular flexibility index (Phi) is 6.42. The van der Waals surface area contributed by atoms with Crippen molar-refractivity contribution < 1.29 is 9.53 Å². The molecule has 0 saturated heterocycles. The molecule has 0 aromatic carbocycles. The zero-order chi connectivity index (χ0) is 11.8. The molecule has 16 heavy (non-hydrogen) atoms. The van der Waals surface area contributed by atoms with Crippen molar-refractivity contribution in [2.45, 2.75) is 57.1 Å². The van der Waals surface area contributed by atoms with Crippen LogP contribution in [-0.2, 0) is 9.53 Å². The van der Waals surface area contributed by atoms with Crippen LogP contribution in [0.2, 0.25) is 0 Å². The molecule has 1 unspecified atom stereocenters. The maximum Gasteiger partial charge on any atom is 0.234 e. The Balaban J connectivity index is 2.15. The molecule has 1 aliphatic rings. The molecule has 4 nitrogen and oxygen atoms in total. The van der Waals surface area contributed by atoms with Gasteiger partial charge in [-0.1, -0.05) is 25.7 Å². The highest BCUT2D eigenvalue weighted by Gasteiger charge is 2.15. The lowest BCUT2D eigenvalue weighted by atomic mass is 10.1. The molecule has 1 aliphatic carbocycles. The number of amides is 1. The van der Waals surface area contributed by atoms with Crippen LogP contribution in [0.15, 0.2) is 0 Å². The number of hydrogen-bond donors (Lipinski definition) is 2. The number of ether oxygens (including phenoxy) is 1. The third-order valence-corrected chi connectivity index (χ3v) is 3.25. The topological polar surface area (TPSA) is 64.3 Å². The molecular formula is C12H24N2O2. The molecule has 0 aromatic heterocycles. The summed E-state index contributed by atoms with van der Waals surface area (Å²) in [7, 11) is 1.75. The zero-order valence-corrected chi connectivity index (χ0v) is 10.2. The first kappa shape index (κ1) is 13.5. The Morgan fingerprint density at radius 3 is 2.50 bits per heavy atom. The number of rotatable bonds is 6. The van der Waals surface area contributed by atoms with Gasteiger partial charge in [0, 0.05) is 6.61 Å². The van der Waals surface area contributed by atoms with Crippen LogP contribution >= 0.6 is 0 Å². The second kappa shape index (κ2) is 7.63. The van der Waals surface area contributed by atoms with E-state index in [0.29, 0.717) is 19.1 Å². The number of carbonyl (C=O) groups is 1. The van der Waals surface area contributed by atoms with Crippen molar-refractivity contribution in [2.75, 3.05) is 13.7 Å². The number of primary amides is 1. The van der Waals surface area contributed by atoms with E-state index in [-0.39, 0.29) is 11.9 Å². The minimum Gasteiger partial charge on any atom is -0.378 e. The van der Waals surface area contributed by atoms with E-state index in [4.69, 9.17) is 10.5 Å². The second-order valence-corrected chi connectivity index (χ2v) is 4.52. The van der Waals surface area contributed by atoms with Gasteiger partial charge in [-0.05, 0) is 26.3 Å². The van der Waals surface area contributed by atoms with Gasteiger partial charge in [-0.3, -0.25) is 4.79 Å². The first-order chi connectivity index (χ1) is 7.74. The van der Waals surface area contributed by atoms with E-state index in [9.17, 15) is 4.79 Å². The fraction of sp³-hybridized carbons (Fsp3) is 0.917. The molecule has 0 heterocycles. The standard InChI is InChI=1S/C12H24N2O2/c1-14-11(12(13)15)8-9-16-10-6-4-2-3-5-7-10/h10-11,14H,2-9H2,1H3,(H2,13,15). The molecule has 94 valence electrons. The van der Waals surface area contributed by atoms with Crippen molar-refractivity contribution in [1.82, 2.24) is 5.32 Å². The zero-order valence-electron chi connectivity index (χ0n) is 10.2. The van der Waals surface area contributed by atoms with E-state index in [0.717, 1.165) is 0 Å². The first-order valence-electron chi connectivity index (χ1n) is 6.32. The van der Waals surface area contributed by atoms with Crippen molar-refractivity contribution in [3.05, 3.63) is 0 Å². The van der Waals surface area contributed by atoms with Crippen LogP contribution in [0.3, 0.4) is 0 Å². The third-order valence-electron chi connectivity index (χ3n) is 3.25. The highest BCUT2D eigenvalue weighted by Crippen LogP contribution is 2.19. The van der Waals surface area contributed by atoms with Gasteiger partial charge in [0.15, 0.2) is 0 Å². The maximum absolute atomic E-state index is 11.0. The highest BCUT2D eigenvalue weighted by molar-refractivity contribution is 5.79. The van der Waals surface area contributed by atoms with Gasteiger partial charge in [0.1, 0.15) is 0 Å². The molecule has 0 spiro atoms. The molecule has 1 amide bonds. The van der Waals surface area contributed by atoms with Crippen LogP contribution in [0.4, 0.5) is 0 Å². The molecule has 4 heteroatoms. The fourth-order valence-corrected chi connectivity index (χ4v) is 2.19. The normalized spacial score (nSPS) is 20.3. The second-order valence-electron chi connectivity index (χ2n) is 4.52. The summed E-state index contributed by atoms with van der Waals surface area (Å²) in [5.74, 6) is -0.299. The van der Waals surface area contributed by atoms with Crippen molar-refractivity contribution in [1.29, 1.82) is 0 Å². The van der Waals surface area contributed by atoms with Crippen LogP contribution < -0.4 is 11.1 Å². The molecule has 0 aliphatic heterocycles. The summed E-state index contributed by atoms with van der Waals surface area (Å²) in [6.45, 7) is 0.624. The van der Waals surface area contributed by atoms with Gasteiger partial charge in [-0.2, -0.15) is 0 Å². The molecule has 3 N–H and O–H groups in total. The van der Waals surface area contributed by atoms with E-state index in [1.165, 1.54) is 38.5 Å².